The van der Waals surface area contributed by atoms with Crippen molar-refractivity contribution in [2.45, 2.75) is 6.42 Å². The van der Waals surface area contributed by atoms with Gasteiger partial charge in [0.2, 0.25) is 0 Å². The number of aliphatic hydroxyl groups is 1. The van der Waals surface area contributed by atoms with Gasteiger partial charge in [0.1, 0.15) is 0 Å². The summed E-state index contributed by atoms with van der Waals surface area (Å²) in [5.41, 5.74) is 1.24. The van der Waals surface area contributed by atoms with Gasteiger partial charge in [-0.1, -0.05) is 42.5 Å². The summed E-state index contributed by atoms with van der Waals surface area (Å²) in [5, 5.41) is 14.2. The maximum atomic E-state index is 12.4. The summed E-state index contributed by atoms with van der Waals surface area (Å²) in [4.78, 5) is 16.5. The Balaban J connectivity index is 1.36. The largest absolute Gasteiger partial charge is 0.394 e. The predicted molar refractivity (Wildman–Crippen MR) is 107 cm³/mol. The van der Waals surface area contributed by atoms with Crippen molar-refractivity contribution >= 4 is 16.8 Å². The molecule has 2 aromatic rings. The van der Waals surface area contributed by atoms with Crippen LogP contribution in [0.25, 0.3) is 10.8 Å². The van der Waals surface area contributed by atoms with Gasteiger partial charge in [0, 0.05) is 39.3 Å². The Hall–Kier alpha value is -2.15. The van der Waals surface area contributed by atoms with Gasteiger partial charge in [0.15, 0.2) is 0 Å². The molecule has 1 aliphatic rings. The lowest BCUT2D eigenvalue weighted by Crippen LogP contribution is -2.52. The first-order valence-corrected chi connectivity index (χ1v) is 9.67. The lowest BCUT2D eigenvalue weighted by atomic mass is 10.1. The summed E-state index contributed by atoms with van der Waals surface area (Å²) < 4.78 is 5.30. The first-order valence-electron chi connectivity index (χ1n) is 9.67. The molecule has 1 fully saturated rings. The molecule has 3 rings (SSSR count). The molecule has 0 radical (unpaired) electrons. The summed E-state index contributed by atoms with van der Waals surface area (Å²) >= 11 is 0. The lowest BCUT2D eigenvalue weighted by Gasteiger charge is -2.34. The number of fused-ring (bicyclic) bond motifs is 1. The second-order valence-electron chi connectivity index (χ2n) is 6.83. The average Bonchev–Trinajstić information content (AvgIpc) is 2.71. The smallest absolute Gasteiger partial charge is 0.317 e. The van der Waals surface area contributed by atoms with Gasteiger partial charge in [0.05, 0.1) is 19.8 Å². The molecule has 1 aliphatic heterocycles. The molecule has 146 valence electrons. The van der Waals surface area contributed by atoms with Gasteiger partial charge in [-0.2, -0.15) is 0 Å². The fourth-order valence-corrected chi connectivity index (χ4v) is 3.35. The summed E-state index contributed by atoms with van der Waals surface area (Å²) in [6.07, 6.45) is 0.832. The molecule has 0 aromatic heterocycles. The van der Waals surface area contributed by atoms with E-state index in [1.807, 2.05) is 17.0 Å². The number of nitrogens with zero attached hydrogens (tertiary/aromatic N) is 2. The van der Waals surface area contributed by atoms with Crippen LogP contribution in [0.5, 0.6) is 0 Å². The number of carbonyl (C=O) groups excluding carboxylic acids is 1. The van der Waals surface area contributed by atoms with Gasteiger partial charge in [-0.3, -0.25) is 4.90 Å². The first-order chi connectivity index (χ1) is 13.3. The van der Waals surface area contributed by atoms with E-state index in [0.29, 0.717) is 19.8 Å². The summed E-state index contributed by atoms with van der Waals surface area (Å²) in [7, 11) is 0. The molecule has 0 unspecified atom stereocenters. The van der Waals surface area contributed by atoms with E-state index in [4.69, 9.17) is 9.84 Å². The zero-order valence-corrected chi connectivity index (χ0v) is 15.8. The van der Waals surface area contributed by atoms with Crippen LogP contribution in [-0.4, -0.2) is 80.0 Å². The van der Waals surface area contributed by atoms with Crippen LogP contribution in [0.1, 0.15) is 5.56 Å². The topological polar surface area (TPSA) is 65.0 Å². The number of nitrogens with one attached hydrogen (secondary N) is 1. The van der Waals surface area contributed by atoms with E-state index < -0.39 is 0 Å². The van der Waals surface area contributed by atoms with Crippen LogP contribution < -0.4 is 5.32 Å². The Morgan fingerprint density at radius 3 is 2.59 bits per heavy atom. The Morgan fingerprint density at radius 2 is 1.81 bits per heavy atom. The van der Waals surface area contributed by atoms with Crippen LogP contribution in [-0.2, 0) is 11.2 Å². The number of benzene rings is 2. The lowest BCUT2D eigenvalue weighted by molar-refractivity contribution is 0.0619. The van der Waals surface area contributed by atoms with E-state index in [2.05, 4.69) is 40.5 Å². The maximum Gasteiger partial charge on any atom is 0.317 e. The van der Waals surface area contributed by atoms with Gasteiger partial charge in [-0.05, 0) is 22.8 Å². The highest BCUT2D eigenvalue weighted by Crippen LogP contribution is 2.15. The zero-order chi connectivity index (χ0) is 18.9. The molecule has 6 nitrogen and oxygen atoms in total. The molecule has 2 N–H and O–H groups in total. The number of aliphatic hydroxyl groups excluding tert-OH is 1. The van der Waals surface area contributed by atoms with Crippen LogP contribution in [0.2, 0.25) is 0 Å². The Morgan fingerprint density at radius 1 is 1.04 bits per heavy atom. The SMILES string of the molecule is O=C(NCCc1ccc2ccccc2c1)N1CCN(CCOCCO)CC1. The van der Waals surface area contributed by atoms with Crippen molar-refractivity contribution in [2.75, 3.05) is 59.1 Å². The summed E-state index contributed by atoms with van der Waals surface area (Å²) in [6, 6.07) is 14.8. The number of urea groups is 1. The molecule has 0 saturated carbocycles. The third kappa shape index (κ3) is 5.92. The molecule has 0 aliphatic carbocycles. The predicted octanol–water partition coefficient (Wildman–Crippen LogP) is 1.72. The molecule has 0 spiro atoms. The van der Waals surface area contributed by atoms with Crippen molar-refractivity contribution < 1.29 is 14.6 Å². The number of piperazine rings is 1. The molecule has 6 heteroatoms. The molecule has 2 amide bonds. The minimum absolute atomic E-state index is 0.0203. The number of ether oxygens (including phenoxy) is 1. The molecule has 1 saturated heterocycles. The van der Waals surface area contributed by atoms with Crippen LogP contribution in [0, 0.1) is 0 Å². The first kappa shape index (κ1) is 19.6. The van der Waals surface area contributed by atoms with Gasteiger partial charge < -0.3 is 20.1 Å². The zero-order valence-electron chi connectivity index (χ0n) is 15.8. The minimum Gasteiger partial charge on any atom is -0.394 e. The normalized spacial score (nSPS) is 15.2. The van der Waals surface area contributed by atoms with Crippen molar-refractivity contribution in [3.05, 3.63) is 48.0 Å². The summed E-state index contributed by atoms with van der Waals surface area (Å²) in [5.74, 6) is 0. The quantitative estimate of drug-likeness (QED) is 0.694. The van der Waals surface area contributed by atoms with Crippen molar-refractivity contribution in [3.63, 3.8) is 0 Å². The van der Waals surface area contributed by atoms with Gasteiger partial charge in [-0.15, -0.1) is 0 Å². The van der Waals surface area contributed by atoms with E-state index in [1.165, 1.54) is 16.3 Å². The van der Waals surface area contributed by atoms with Gasteiger partial charge >= 0.3 is 6.03 Å². The second-order valence-corrected chi connectivity index (χ2v) is 6.83. The fourth-order valence-electron chi connectivity index (χ4n) is 3.35. The van der Waals surface area contributed by atoms with Crippen LogP contribution >= 0.6 is 0 Å². The Labute approximate surface area is 160 Å². The van der Waals surface area contributed by atoms with E-state index in [-0.39, 0.29) is 12.6 Å². The van der Waals surface area contributed by atoms with Crippen molar-refractivity contribution in [1.82, 2.24) is 15.1 Å². The fraction of sp³-hybridized carbons (Fsp3) is 0.476. The maximum absolute atomic E-state index is 12.4. The van der Waals surface area contributed by atoms with E-state index in [0.717, 1.165) is 39.1 Å². The molecular weight excluding hydrogens is 342 g/mol. The third-order valence-corrected chi connectivity index (χ3v) is 4.95. The van der Waals surface area contributed by atoms with Crippen LogP contribution in [0.3, 0.4) is 0 Å². The Bertz CT molecular complexity index is 729. The van der Waals surface area contributed by atoms with E-state index in [1.54, 1.807) is 0 Å². The van der Waals surface area contributed by atoms with E-state index in [9.17, 15) is 4.79 Å². The highest BCUT2D eigenvalue weighted by molar-refractivity contribution is 5.83. The molecule has 1 heterocycles. The highest BCUT2D eigenvalue weighted by atomic mass is 16.5. The van der Waals surface area contributed by atoms with Crippen LogP contribution in [0.15, 0.2) is 42.5 Å². The molecule has 0 atom stereocenters. The third-order valence-electron chi connectivity index (χ3n) is 4.95. The number of hydrogen-bond acceptors (Lipinski definition) is 4. The van der Waals surface area contributed by atoms with Crippen molar-refractivity contribution in [3.8, 4) is 0 Å². The minimum atomic E-state index is 0.0203. The van der Waals surface area contributed by atoms with Crippen molar-refractivity contribution in [2.24, 2.45) is 0 Å². The summed E-state index contributed by atoms with van der Waals surface area (Å²) in [6.45, 7) is 5.76. The van der Waals surface area contributed by atoms with Gasteiger partial charge in [0.25, 0.3) is 0 Å². The molecular formula is C21H29N3O3. The van der Waals surface area contributed by atoms with E-state index >= 15 is 0 Å². The molecule has 2 aromatic carbocycles. The average molecular weight is 371 g/mol. The number of hydrogen-bond donors (Lipinski definition) is 2. The monoisotopic (exact) mass is 371 g/mol. The second kappa shape index (κ2) is 10.3. The van der Waals surface area contributed by atoms with Crippen molar-refractivity contribution in [1.29, 1.82) is 0 Å². The number of rotatable bonds is 8. The van der Waals surface area contributed by atoms with Crippen LogP contribution in [0.4, 0.5) is 4.79 Å². The Kier molecular flexibility index (Phi) is 7.45. The number of amides is 2. The number of carbonyl (C=O) groups is 1. The standard InChI is InChI=1S/C21H29N3O3/c25-14-16-27-15-13-23-9-11-24(12-10-23)21(26)22-8-7-18-5-6-19-3-1-2-4-20(19)17-18/h1-6,17,25H,7-16H2,(H,22,26). The molecule has 27 heavy (non-hydrogen) atoms. The highest BCUT2D eigenvalue weighted by Gasteiger charge is 2.20. The molecule has 0 bridgehead atoms. The van der Waals surface area contributed by atoms with Gasteiger partial charge in [-0.25, -0.2) is 4.79 Å².